The summed E-state index contributed by atoms with van der Waals surface area (Å²) in [5.74, 6) is -0.133. The summed E-state index contributed by atoms with van der Waals surface area (Å²) in [6.07, 6.45) is 0. The molecule has 1 N–H and O–H groups in total. The molecule has 0 fully saturated rings. The van der Waals surface area contributed by atoms with Crippen molar-refractivity contribution in [3.63, 3.8) is 0 Å². The van der Waals surface area contributed by atoms with Crippen LogP contribution in [0, 0.1) is 5.92 Å². The van der Waals surface area contributed by atoms with Gasteiger partial charge in [0.05, 0.1) is 11.5 Å². The zero-order valence-corrected chi connectivity index (χ0v) is 12.2. The first kappa shape index (κ1) is 13.0. The highest BCUT2D eigenvalue weighted by Gasteiger charge is 2.44. The quantitative estimate of drug-likeness (QED) is 0.810. The topological polar surface area (TPSA) is 70.0 Å². The Morgan fingerprint density at radius 2 is 1.86 bits per heavy atom. The van der Waals surface area contributed by atoms with E-state index in [2.05, 4.69) is 4.99 Å². The van der Waals surface area contributed by atoms with Gasteiger partial charge in [-0.3, -0.25) is 14.5 Å². The van der Waals surface area contributed by atoms with Crippen molar-refractivity contribution in [1.82, 2.24) is 4.90 Å². The van der Waals surface area contributed by atoms with E-state index in [9.17, 15) is 14.7 Å². The number of fused-ring (bicyclic) bond motifs is 5. The molecule has 2 aliphatic heterocycles. The SMILES string of the molecule is C[C@H]1C(=O)N=C2c3c(ccc4ccc(O)cc34)C(=O)N2[C@H]1C. The predicted octanol–water partition coefficient (Wildman–Crippen LogP) is 2.31. The summed E-state index contributed by atoms with van der Waals surface area (Å²) in [5.41, 5.74) is 1.18. The van der Waals surface area contributed by atoms with Crippen molar-refractivity contribution in [2.24, 2.45) is 10.9 Å². The Balaban J connectivity index is 2.08. The molecule has 4 rings (SSSR count). The summed E-state index contributed by atoms with van der Waals surface area (Å²) in [7, 11) is 0. The number of carbonyl (C=O) groups excluding carboxylic acids is 2. The van der Waals surface area contributed by atoms with Gasteiger partial charge < -0.3 is 5.11 Å². The van der Waals surface area contributed by atoms with E-state index in [0.717, 1.165) is 10.8 Å². The average Bonchev–Trinajstić information content (AvgIpc) is 2.78. The van der Waals surface area contributed by atoms with Crippen LogP contribution in [-0.4, -0.2) is 33.7 Å². The van der Waals surface area contributed by atoms with Crippen LogP contribution in [0.1, 0.15) is 29.8 Å². The number of carbonyl (C=O) groups is 2. The smallest absolute Gasteiger partial charge is 0.260 e. The van der Waals surface area contributed by atoms with Crippen LogP contribution < -0.4 is 0 Å². The number of benzene rings is 2. The van der Waals surface area contributed by atoms with E-state index in [-0.39, 0.29) is 29.5 Å². The van der Waals surface area contributed by atoms with Crippen LogP contribution in [0.2, 0.25) is 0 Å². The molecule has 5 heteroatoms. The van der Waals surface area contributed by atoms with Gasteiger partial charge in [-0.1, -0.05) is 19.1 Å². The predicted molar refractivity (Wildman–Crippen MR) is 82.0 cm³/mol. The van der Waals surface area contributed by atoms with E-state index in [0.29, 0.717) is 17.0 Å². The maximum Gasteiger partial charge on any atom is 0.260 e. The standard InChI is InChI=1S/C17H14N2O3/c1-8-9(2)19-15(18-16(8)21)14-12(17(19)22)6-4-10-3-5-11(20)7-13(10)14/h3-9,20H,1-2H3/t8-,9+/m1/s1. The number of aromatic hydroxyl groups is 1. The number of rotatable bonds is 0. The molecular formula is C17H14N2O3. The molecule has 0 unspecified atom stereocenters. The summed E-state index contributed by atoms with van der Waals surface area (Å²) in [5, 5.41) is 11.4. The first-order valence-corrected chi connectivity index (χ1v) is 7.21. The lowest BCUT2D eigenvalue weighted by atomic mass is 9.98. The van der Waals surface area contributed by atoms with Gasteiger partial charge in [0.1, 0.15) is 11.6 Å². The van der Waals surface area contributed by atoms with Gasteiger partial charge in [-0.15, -0.1) is 0 Å². The van der Waals surface area contributed by atoms with Crippen LogP contribution in [-0.2, 0) is 4.79 Å². The lowest BCUT2D eigenvalue weighted by molar-refractivity contribution is -0.122. The Morgan fingerprint density at radius 1 is 1.14 bits per heavy atom. The van der Waals surface area contributed by atoms with Crippen LogP contribution in [0.4, 0.5) is 0 Å². The minimum atomic E-state index is -0.318. The summed E-state index contributed by atoms with van der Waals surface area (Å²) < 4.78 is 0. The van der Waals surface area contributed by atoms with Gasteiger partial charge >= 0.3 is 0 Å². The maximum atomic E-state index is 12.7. The monoisotopic (exact) mass is 294 g/mol. The summed E-state index contributed by atoms with van der Waals surface area (Å²) in [4.78, 5) is 30.5. The molecule has 0 saturated carbocycles. The van der Waals surface area contributed by atoms with Crippen molar-refractivity contribution in [2.45, 2.75) is 19.9 Å². The third-order valence-corrected chi connectivity index (χ3v) is 4.64. The second-order valence-corrected chi connectivity index (χ2v) is 5.87. The molecule has 0 radical (unpaired) electrons. The number of aliphatic imine (C=N–C) groups is 1. The molecule has 2 amide bonds. The van der Waals surface area contributed by atoms with Crippen molar-refractivity contribution in [3.05, 3.63) is 41.5 Å². The number of nitrogens with zero attached hydrogens (tertiary/aromatic N) is 2. The van der Waals surface area contributed by atoms with Gasteiger partial charge in [-0.25, -0.2) is 0 Å². The molecule has 0 aromatic heterocycles. The normalized spacial score (nSPS) is 23.5. The molecular weight excluding hydrogens is 280 g/mol. The molecule has 2 atom stereocenters. The summed E-state index contributed by atoms with van der Waals surface area (Å²) in [6.45, 7) is 3.65. The van der Waals surface area contributed by atoms with Crippen molar-refractivity contribution < 1.29 is 14.7 Å². The second-order valence-electron chi connectivity index (χ2n) is 5.87. The Bertz CT molecular complexity index is 885. The Kier molecular flexibility index (Phi) is 2.46. The Labute approximate surface area is 126 Å². The lowest BCUT2D eigenvalue weighted by Crippen LogP contribution is -2.48. The Hall–Kier alpha value is -2.69. The van der Waals surface area contributed by atoms with Crippen molar-refractivity contribution >= 4 is 28.4 Å². The number of phenolic OH excluding ortho intramolecular Hbond substituents is 1. The fraction of sp³-hybridized carbons (Fsp3) is 0.235. The molecule has 2 heterocycles. The van der Waals surface area contributed by atoms with Crippen LogP contribution in [0.15, 0.2) is 35.3 Å². The van der Waals surface area contributed by atoms with Crippen molar-refractivity contribution in [3.8, 4) is 5.75 Å². The van der Waals surface area contributed by atoms with E-state index >= 15 is 0 Å². The number of hydrogen-bond donors (Lipinski definition) is 1. The third-order valence-electron chi connectivity index (χ3n) is 4.64. The summed E-state index contributed by atoms with van der Waals surface area (Å²) >= 11 is 0. The van der Waals surface area contributed by atoms with E-state index in [1.54, 1.807) is 36.1 Å². The zero-order chi connectivity index (χ0) is 15.6. The molecule has 2 aromatic rings. The molecule has 110 valence electrons. The maximum absolute atomic E-state index is 12.7. The first-order chi connectivity index (χ1) is 10.5. The van der Waals surface area contributed by atoms with E-state index < -0.39 is 0 Å². The van der Waals surface area contributed by atoms with Gasteiger partial charge in [-0.2, -0.15) is 4.99 Å². The first-order valence-electron chi connectivity index (χ1n) is 7.21. The Morgan fingerprint density at radius 3 is 2.64 bits per heavy atom. The molecule has 0 bridgehead atoms. The molecule has 22 heavy (non-hydrogen) atoms. The van der Waals surface area contributed by atoms with Gasteiger partial charge in [0.2, 0.25) is 0 Å². The van der Waals surface area contributed by atoms with Crippen molar-refractivity contribution in [2.75, 3.05) is 0 Å². The minimum absolute atomic E-state index is 0.121. The highest BCUT2D eigenvalue weighted by Crippen LogP contribution is 2.36. The molecule has 0 aliphatic carbocycles. The van der Waals surface area contributed by atoms with Gasteiger partial charge in [0.25, 0.3) is 11.8 Å². The lowest BCUT2D eigenvalue weighted by Gasteiger charge is -2.32. The van der Waals surface area contributed by atoms with Gasteiger partial charge in [0.15, 0.2) is 0 Å². The van der Waals surface area contributed by atoms with Crippen molar-refractivity contribution in [1.29, 1.82) is 0 Å². The molecule has 5 nitrogen and oxygen atoms in total. The molecule has 0 saturated heterocycles. The van der Waals surface area contributed by atoms with Crippen LogP contribution in [0.3, 0.4) is 0 Å². The summed E-state index contributed by atoms with van der Waals surface area (Å²) in [6, 6.07) is 8.38. The van der Waals surface area contributed by atoms with Crippen LogP contribution >= 0.6 is 0 Å². The highest BCUT2D eigenvalue weighted by atomic mass is 16.3. The zero-order valence-electron chi connectivity index (χ0n) is 12.2. The van der Waals surface area contributed by atoms with Crippen LogP contribution in [0.25, 0.3) is 10.8 Å². The van der Waals surface area contributed by atoms with Crippen LogP contribution in [0.5, 0.6) is 5.75 Å². The molecule has 2 aromatic carbocycles. The van der Waals surface area contributed by atoms with E-state index in [1.807, 2.05) is 13.0 Å². The number of hydrogen-bond acceptors (Lipinski definition) is 3. The number of amides is 2. The third kappa shape index (κ3) is 1.51. The fourth-order valence-corrected chi connectivity index (χ4v) is 3.20. The minimum Gasteiger partial charge on any atom is -0.508 e. The van der Waals surface area contributed by atoms with Gasteiger partial charge in [0, 0.05) is 11.6 Å². The number of amidine groups is 1. The molecule has 0 spiro atoms. The second kappa shape index (κ2) is 4.16. The molecule has 2 aliphatic rings. The number of phenols is 1. The highest BCUT2D eigenvalue weighted by molar-refractivity contribution is 6.30. The largest absolute Gasteiger partial charge is 0.508 e. The van der Waals surface area contributed by atoms with E-state index in [1.165, 1.54) is 0 Å². The fourth-order valence-electron chi connectivity index (χ4n) is 3.20. The average molecular weight is 294 g/mol. The van der Waals surface area contributed by atoms with Gasteiger partial charge in [-0.05, 0) is 35.9 Å². The van der Waals surface area contributed by atoms with E-state index in [4.69, 9.17) is 0 Å².